The van der Waals surface area contributed by atoms with Crippen molar-refractivity contribution in [1.82, 2.24) is 14.8 Å². The van der Waals surface area contributed by atoms with Crippen molar-refractivity contribution in [3.63, 3.8) is 0 Å². The average Bonchev–Trinajstić information content (AvgIpc) is 2.49. The Morgan fingerprint density at radius 2 is 1.95 bits per heavy atom. The number of aromatic nitrogens is 1. The highest BCUT2D eigenvalue weighted by Crippen LogP contribution is 2.12. The van der Waals surface area contributed by atoms with Gasteiger partial charge in [0.1, 0.15) is 5.82 Å². The molecule has 1 N–H and O–H groups in total. The summed E-state index contributed by atoms with van der Waals surface area (Å²) in [6.45, 7) is 13.4. The van der Waals surface area contributed by atoms with E-state index in [0.29, 0.717) is 0 Å². The molecule has 2 heterocycles. The van der Waals surface area contributed by atoms with E-state index in [9.17, 15) is 0 Å². The molecule has 1 aliphatic heterocycles. The van der Waals surface area contributed by atoms with Crippen molar-refractivity contribution in [2.24, 2.45) is 0 Å². The minimum absolute atomic E-state index is 0.721. The van der Waals surface area contributed by atoms with Gasteiger partial charge in [0, 0.05) is 51.5 Å². The van der Waals surface area contributed by atoms with Gasteiger partial charge in [-0.2, -0.15) is 0 Å². The van der Waals surface area contributed by atoms with Crippen molar-refractivity contribution in [3.05, 3.63) is 23.9 Å². The molecule has 1 aliphatic rings. The number of pyridine rings is 1. The number of hydrogen-bond donors (Lipinski definition) is 1. The van der Waals surface area contributed by atoms with E-state index in [4.69, 9.17) is 0 Å². The van der Waals surface area contributed by atoms with Crippen LogP contribution in [0.1, 0.15) is 32.8 Å². The Balaban J connectivity index is 1.80. The molecule has 0 aliphatic carbocycles. The van der Waals surface area contributed by atoms with E-state index in [1.54, 1.807) is 0 Å². The van der Waals surface area contributed by atoms with Gasteiger partial charge in [-0.15, -0.1) is 0 Å². The molecular formula is C16H28N4. The molecule has 4 nitrogen and oxygen atoms in total. The van der Waals surface area contributed by atoms with Gasteiger partial charge in [0.05, 0.1) is 0 Å². The van der Waals surface area contributed by atoms with Crippen LogP contribution in [0.4, 0.5) is 5.82 Å². The number of piperazine rings is 1. The standard InChI is InChI=1S/C16H28N4/c1-4-14(3)20-10-8-19(9-11-20)13-15-6-7-16(17-5-2)18-12-15/h6-7,12,14H,4-5,8-11,13H2,1-3H3,(H,17,18). The summed E-state index contributed by atoms with van der Waals surface area (Å²) < 4.78 is 0. The number of rotatable bonds is 6. The first-order valence-corrected chi connectivity index (χ1v) is 7.88. The van der Waals surface area contributed by atoms with Crippen LogP contribution in [0.3, 0.4) is 0 Å². The minimum Gasteiger partial charge on any atom is -0.370 e. The van der Waals surface area contributed by atoms with Crippen molar-refractivity contribution in [2.75, 3.05) is 38.0 Å². The molecule has 1 aromatic heterocycles. The van der Waals surface area contributed by atoms with Gasteiger partial charge in [0.25, 0.3) is 0 Å². The molecule has 0 bridgehead atoms. The van der Waals surface area contributed by atoms with Crippen LogP contribution in [-0.2, 0) is 6.54 Å². The van der Waals surface area contributed by atoms with Crippen LogP contribution in [0.5, 0.6) is 0 Å². The van der Waals surface area contributed by atoms with Crippen molar-refractivity contribution in [1.29, 1.82) is 0 Å². The van der Waals surface area contributed by atoms with Crippen LogP contribution >= 0.6 is 0 Å². The third-order valence-electron chi connectivity index (χ3n) is 4.21. The summed E-state index contributed by atoms with van der Waals surface area (Å²) in [5.74, 6) is 0.970. The molecule has 1 unspecified atom stereocenters. The molecule has 1 atom stereocenters. The van der Waals surface area contributed by atoms with Gasteiger partial charge in [0.15, 0.2) is 0 Å². The zero-order valence-corrected chi connectivity index (χ0v) is 13.1. The quantitative estimate of drug-likeness (QED) is 0.864. The number of anilines is 1. The molecule has 1 saturated heterocycles. The van der Waals surface area contributed by atoms with Crippen molar-refractivity contribution in [2.45, 2.75) is 39.8 Å². The van der Waals surface area contributed by atoms with Gasteiger partial charge in [-0.25, -0.2) is 4.98 Å². The van der Waals surface area contributed by atoms with Crippen LogP contribution < -0.4 is 5.32 Å². The average molecular weight is 276 g/mol. The Morgan fingerprint density at radius 1 is 1.20 bits per heavy atom. The molecule has 4 heteroatoms. The minimum atomic E-state index is 0.721. The second kappa shape index (κ2) is 7.60. The maximum absolute atomic E-state index is 4.44. The predicted octanol–water partition coefficient (Wildman–Crippen LogP) is 2.43. The molecule has 0 spiro atoms. The summed E-state index contributed by atoms with van der Waals surface area (Å²) in [5.41, 5.74) is 1.31. The number of nitrogens with zero attached hydrogens (tertiary/aromatic N) is 3. The molecule has 0 radical (unpaired) electrons. The molecule has 0 saturated carbocycles. The number of nitrogens with one attached hydrogen (secondary N) is 1. The lowest BCUT2D eigenvalue weighted by molar-refractivity contribution is 0.0963. The van der Waals surface area contributed by atoms with E-state index in [0.717, 1.165) is 24.9 Å². The SMILES string of the molecule is CCNc1ccc(CN2CCN(C(C)CC)CC2)cn1. The Labute approximate surface area is 123 Å². The van der Waals surface area contributed by atoms with E-state index in [1.165, 1.54) is 38.2 Å². The highest BCUT2D eigenvalue weighted by atomic mass is 15.3. The zero-order valence-electron chi connectivity index (χ0n) is 13.1. The largest absolute Gasteiger partial charge is 0.370 e. The number of hydrogen-bond acceptors (Lipinski definition) is 4. The first-order chi connectivity index (χ1) is 9.72. The van der Waals surface area contributed by atoms with Crippen molar-refractivity contribution >= 4 is 5.82 Å². The summed E-state index contributed by atoms with van der Waals surface area (Å²) >= 11 is 0. The lowest BCUT2D eigenvalue weighted by atomic mass is 10.1. The summed E-state index contributed by atoms with van der Waals surface area (Å²) in [4.78, 5) is 9.57. The van der Waals surface area contributed by atoms with E-state index < -0.39 is 0 Å². The lowest BCUT2D eigenvalue weighted by Crippen LogP contribution is -2.48. The van der Waals surface area contributed by atoms with Crippen LogP contribution in [0, 0.1) is 0 Å². The lowest BCUT2D eigenvalue weighted by Gasteiger charge is -2.37. The fourth-order valence-electron chi connectivity index (χ4n) is 2.68. The Morgan fingerprint density at radius 3 is 2.50 bits per heavy atom. The highest BCUT2D eigenvalue weighted by Gasteiger charge is 2.19. The second-order valence-corrected chi connectivity index (χ2v) is 5.65. The fourth-order valence-corrected chi connectivity index (χ4v) is 2.68. The van der Waals surface area contributed by atoms with Gasteiger partial charge in [0.2, 0.25) is 0 Å². The monoisotopic (exact) mass is 276 g/mol. The van der Waals surface area contributed by atoms with Crippen LogP contribution in [0.15, 0.2) is 18.3 Å². The van der Waals surface area contributed by atoms with E-state index in [2.05, 4.69) is 53.0 Å². The molecule has 112 valence electrons. The first-order valence-electron chi connectivity index (χ1n) is 7.88. The van der Waals surface area contributed by atoms with Gasteiger partial charge < -0.3 is 5.32 Å². The van der Waals surface area contributed by atoms with Crippen LogP contribution in [0.2, 0.25) is 0 Å². The second-order valence-electron chi connectivity index (χ2n) is 5.65. The Kier molecular flexibility index (Phi) is 5.80. The Hall–Kier alpha value is -1.13. The smallest absolute Gasteiger partial charge is 0.125 e. The summed E-state index contributed by atoms with van der Waals surface area (Å²) in [6, 6.07) is 4.98. The zero-order chi connectivity index (χ0) is 14.4. The van der Waals surface area contributed by atoms with Crippen LogP contribution in [-0.4, -0.2) is 53.5 Å². The normalized spacial score (nSPS) is 18.9. The van der Waals surface area contributed by atoms with Crippen molar-refractivity contribution < 1.29 is 0 Å². The fraction of sp³-hybridized carbons (Fsp3) is 0.688. The molecule has 0 aromatic carbocycles. The molecule has 2 rings (SSSR count). The van der Waals surface area contributed by atoms with Gasteiger partial charge in [-0.05, 0) is 31.9 Å². The molecule has 0 amide bonds. The molecule has 1 aromatic rings. The summed E-state index contributed by atoms with van der Waals surface area (Å²) in [6.07, 6.45) is 3.24. The van der Waals surface area contributed by atoms with E-state index >= 15 is 0 Å². The van der Waals surface area contributed by atoms with Gasteiger partial charge in [-0.3, -0.25) is 9.80 Å². The topological polar surface area (TPSA) is 31.4 Å². The van der Waals surface area contributed by atoms with Crippen LogP contribution in [0.25, 0.3) is 0 Å². The van der Waals surface area contributed by atoms with Crippen molar-refractivity contribution in [3.8, 4) is 0 Å². The predicted molar refractivity (Wildman–Crippen MR) is 85.0 cm³/mol. The first kappa shape index (κ1) is 15.3. The maximum Gasteiger partial charge on any atom is 0.125 e. The molecular weight excluding hydrogens is 248 g/mol. The summed E-state index contributed by atoms with van der Waals surface area (Å²) in [5, 5.41) is 3.23. The van der Waals surface area contributed by atoms with Gasteiger partial charge in [-0.1, -0.05) is 13.0 Å². The van der Waals surface area contributed by atoms with E-state index in [1.807, 2.05) is 6.20 Å². The highest BCUT2D eigenvalue weighted by molar-refractivity contribution is 5.35. The third kappa shape index (κ3) is 4.18. The molecule has 1 fully saturated rings. The maximum atomic E-state index is 4.44. The summed E-state index contributed by atoms with van der Waals surface area (Å²) in [7, 11) is 0. The van der Waals surface area contributed by atoms with Gasteiger partial charge >= 0.3 is 0 Å². The third-order valence-corrected chi connectivity index (χ3v) is 4.21. The Bertz CT molecular complexity index is 382. The molecule has 20 heavy (non-hydrogen) atoms. The van der Waals surface area contributed by atoms with E-state index in [-0.39, 0.29) is 0 Å².